The van der Waals surface area contributed by atoms with Crippen LogP contribution in [0.5, 0.6) is 0 Å². The Kier molecular flexibility index (Phi) is 4.96. The van der Waals surface area contributed by atoms with E-state index in [2.05, 4.69) is 26.8 Å². The molecule has 0 bridgehead atoms. The zero-order valence-corrected chi connectivity index (χ0v) is 18.3. The predicted octanol–water partition coefficient (Wildman–Crippen LogP) is 7.13. The lowest BCUT2D eigenvalue weighted by Gasteiger charge is -2.51. The average molecular weight is 424 g/mol. The molecule has 1 amide bonds. The maximum Gasteiger partial charge on any atom is 0.258 e. The van der Waals surface area contributed by atoms with Crippen molar-refractivity contribution in [1.29, 1.82) is 0 Å². The second-order valence-electron chi connectivity index (χ2n) is 8.47. The Morgan fingerprint density at radius 3 is 2.21 bits per heavy atom. The summed E-state index contributed by atoms with van der Waals surface area (Å²) in [6, 6.07) is 23.3. The molecular weight excluding hydrogens is 401 g/mol. The molecule has 2 nitrogen and oxygen atoms in total. The van der Waals surface area contributed by atoms with E-state index in [1.165, 1.54) is 0 Å². The highest BCUT2D eigenvalue weighted by atomic mass is 35.5. The lowest BCUT2D eigenvalue weighted by molar-refractivity contribution is 0.0949. The second-order valence-corrected chi connectivity index (χ2v) is 9.31. The predicted molar refractivity (Wildman–Crippen MR) is 121 cm³/mol. The molecule has 1 atom stereocenters. The van der Waals surface area contributed by atoms with E-state index in [1.54, 1.807) is 6.07 Å². The molecule has 148 valence electrons. The minimum absolute atomic E-state index is 0.00676. The number of hydrogen-bond donors (Lipinski definition) is 0. The van der Waals surface area contributed by atoms with Crippen molar-refractivity contribution in [1.82, 2.24) is 0 Å². The number of anilines is 1. The molecule has 1 heterocycles. The summed E-state index contributed by atoms with van der Waals surface area (Å²) in [5.41, 5.74) is 2.95. The van der Waals surface area contributed by atoms with Gasteiger partial charge in [0.2, 0.25) is 0 Å². The number of carbonyl (C=O) groups is 1. The number of para-hydroxylation sites is 1. The summed E-state index contributed by atoms with van der Waals surface area (Å²) in [6.45, 7) is 6.44. The van der Waals surface area contributed by atoms with Crippen molar-refractivity contribution in [3.63, 3.8) is 0 Å². The van der Waals surface area contributed by atoms with Crippen LogP contribution in [0, 0.1) is 0 Å². The maximum absolute atomic E-state index is 13.5. The van der Waals surface area contributed by atoms with Crippen LogP contribution in [0.15, 0.2) is 72.8 Å². The average Bonchev–Trinajstić information content (AvgIpc) is 2.67. The van der Waals surface area contributed by atoms with Gasteiger partial charge in [0, 0.05) is 32.3 Å². The minimum atomic E-state index is -0.418. The number of nitrogens with zero attached hydrogens (tertiary/aromatic N) is 1. The van der Waals surface area contributed by atoms with Gasteiger partial charge in [-0.1, -0.05) is 72.6 Å². The molecule has 0 saturated carbocycles. The van der Waals surface area contributed by atoms with E-state index >= 15 is 0 Å². The first-order valence-electron chi connectivity index (χ1n) is 9.69. The van der Waals surface area contributed by atoms with Gasteiger partial charge in [0.15, 0.2) is 0 Å². The van der Waals surface area contributed by atoms with Crippen LogP contribution in [0.4, 0.5) is 5.69 Å². The van der Waals surface area contributed by atoms with Crippen LogP contribution in [-0.4, -0.2) is 11.4 Å². The lowest BCUT2D eigenvalue weighted by atomic mass is 9.65. The third-order valence-corrected chi connectivity index (χ3v) is 6.43. The largest absolute Gasteiger partial charge is 0.302 e. The van der Waals surface area contributed by atoms with Gasteiger partial charge in [-0.15, -0.1) is 0 Å². The Labute approximate surface area is 182 Å². The molecule has 0 radical (unpaired) electrons. The highest BCUT2D eigenvalue weighted by Crippen LogP contribution is 2.52. The SMILES string of the molecule is CC1(C)C[C@@](C)(c2ccc(Cl)cc2Cl)c2ccccc2N1C(=O)c1ccccc1. The summed E-state index contributed by atoms with van der Waals surface area (Å²) < 4.78 is 0. The molecule has 0 unspecified atom stereocenters. The molecule has 0 aromatic heterocycles. The Bertz CT molecular complexity index is 1080. The van der Waals surface area contributed by atoms with Crippen LogP contribution >= 0.6 is 23.2 Å². The molecule has 1 aliphatic rings. The molecule has 0 N–H and O–H groups in total. The molecule has 4 rings (SSSR count). The molecule has 0 fully saturated rings. The molecule has 1 aliphatic heterocycles. The molecule has 0 aliphatic carbocycles. The Morgan fingerprint density at radius 1 is 0.862 bits per heavy atom. The zero-order chi connectivity index (χ0) is 20.8. The first-order valence-corrected chi connectivity index (χ1v) is 10.4. The van der Waals surface area contributed by atoms with Crippen LogP contribution in [0.25, 0.3) is 0 Å². The van der Waals surface area contributed by atoms with Gasteiger partial charge in [-0.05, 0) is 61.7 Å². The van der Waals surface area contributed by atoms with Crippen molar-refractivity contribution >= 4 is 34.8 Å². The van der Waals surface area contributed by atoms with Crippen molar-refractivity contribution in [3.05, 3.63) is 99.5 Å². The van der Waals surface area contributed by atoms with E-state index in [0.717, 1.165) is 23.2 Å². The Morgan fingerprint density at radius 2 is 1.52 bits per heavy atom. The fourth-order valence-corrected chi connectivity index (χ4v) is 5.39. The van der Waals surface area contributed by atoms with Gasteiger partial charge < -0.3 is 4.90 Å². The smallest absolute Gasteiger partial charge is 0.258 e. The number of benzene rings is 3. The highest BCUT2D eigenvalue weighted by molar-refractivity contribution is 6.35. The molecule has 0 saturated heterocycles. The third-order valence-electron chi connectivity index (χ3n) is 5.88. The molecule has 0 spiro atoms. The summed E-state index contributed by atoms with van der Waals surface area (Å²) in [5, 5.41) is 1.26. The van der Waals surface area contributed by atoms with Crippen LogP contribution in [-0.2, 0) is 5.41 Å². The van der Waals surface area contributed by atoms with E-state index in [9.17, 15) is 4.79 Å². The Hall–Kier alpha value is -2.29. The van der Waals surface area contributed by atoms with E-state index in [-0.39, 0.29) is 11.3 Å². The summed E-state index contributed by atoms with van der Waals surface area (Å²) in [7, 11) is 0. The van der Waals surface area contributed by atoms with Crippen molar-refractivity contribution in [2.24, 2.45) is 0 Å². The van der Waals surface area contributed by atoms with Crippen molar-refractivity contribution in [2.45, 2.75) is 38.1 Å². The van der Waals surface area contributed by atoms with E-state index in [4.69, 9.17) is 23.2 Å². The third kappa shape index (κ3) is 3.35. The van der Waals surface area contributed by atoms with Crippen LogP contribution < -0.4 is 4.90 Å². The van der Waals surface area contributed by atoms with Gasteiger partial charge in [-0.2, -0.15) is 0 Å². The molecular formula is C25H23Cl2NO. The molecule has 3 aromatic carbocycles. The normalized spacial score (nSPS) is 20.2. The zero-order valence-electron chi connectivity index (χ0n) is 16.7. The van der Waals surface area contributed by atoms with Gasteiger partial charge in [0.05, 0.1) is 0 Å². The van der Waals surface area contributed by atoms with E-state index in [1.807, 2.05) is 65.6 Å². The maximum atomic E-state index is 13.5. The van der Waals surface area contributed by atoms with Crippen LogP contribution in [0.1, 0.15) is 48.7 Å². The summed E-state index contributed by atoms with van der Waals surface area (Å²) in [6.07, 6.45) is 0.733. The van der Waals surface area contributed by atoms with Crippen molar-refractivity contribution in [2.75, 3.05) is 4.90 Å². The first kappa shape index (κ1) is 20.0. The standard InChI is InChI=1S/C25H23Cl2NO/c1-24(2)16-25(3,19-14-13-18(26)15-21(19)27)20-11-7-8-12-22(20)28(24)23(29)17-9-5-4-6-10-17/h4-15H,16H2,1-3H3/t25-/m0/s1. The van der Waals surface area contributed by atoms with Gasteiger partial charge >= 0.3 is 0 Å². The number of fused-ring (bicyclic) bond motifs is 1. The summed E-state index contributed by atoms with van der Waals surface area (Å²) >= 11 is 12.8. The quantitative estimate of drug-likeness (QED) is 0.429. The summed E-state index contributed by atoms with van der Waals surface area (Å²) in [5.74, 6) is 0.00676. The van der Waals surface area contributed by atoms with Crippen molar-refractivity contribution in [3.8, 4) is 0 Å². The Balaban J connectivity index is 1.92. The van der Waals surface area contributed by atoms with Crippen molar-refractivity contribution < 1.29 is 4.79 Å². The first-order chi connectivity index (χ1) is 13.7. The minimum Gasteiger partial charge on any atom is -0.302 e. The molecule has 29 heavy (non-hydrogen) atoms. The van der Waals surface area contributed by atoms with Gasteiger partial charge in [0.25, 0.3) is 5.91 Å². The van der Waals surface area contributed by atoms with Gasteiger partial charge in [0.1, 0.15) is 0 Å². The number of hydrogen-bond acceptors (Lipinski definition) is 1. The van der Waals surface area contributed by atoms with Gasteiger partial charge in [-0.3, -0.25) is 4.79 Å². The number of halogens is 2. The monoisotopic (exact) mass is 423 g/mol. The molecule has 4 heteroatoms. The number of carbonyl (C=O) groups excluding carboxylic acids is 1. The number of rotatable bonds is 2. The number of amides is 1. The fourth-order valence-electron chi connectivity index (χ4n) is 4.77. The highest BCUT2D eigenvalue weighted by Gasteiger charge is 2.48. The van der Waals surface area contributed by atoms with Crippen LogP contribution in [0.2, 0.25) is 10.0 Å². The summed E-state index contributed by atoms with van der Waals surface area (Å²) in [4.78, 5) is 15.5. The van der Waals surface area contributed by atoms with Gasteiger partial charge in [-0.25, -0.2) is 0 Å². The van der Waals surface area contributed by atoms with E-state index < -0.39 is 5.54 Å². The topological polar surface area (TPSA) is 20.3 Å². The van der Waals surface area contributed by atoms with E-state index in [0.29, 0.717) is 15.6 Å². The second kappa shape index (κ2) is 7.19. The molecule has 3 aromatic rings. The van der Waals surface area contributed by atoms with Crippen LogP contribution in [0.3, 0.4) is 0 Å². The lowest BCUT2D eigenvalue weighted by Crippen LogP contribution is -2.55. The fraction of sp³-hybridized carbons (Fsp3) is 0.240.